The van der Waals surface area contributed by atoms with Gasteiger partial charge in [0.2, 0.25) is 0 Å². The van der Waals surface area contributed by atoms with Crippen molar-refractivity contribution in [1.29, 1.82) is 0 Å². The molecule has 0 aliphatic carbocycles. The third-order valence-electron chi connectivity index (χ3n) is 5.56. The molecule has 1 aliphatic rings. The molecule has 1 heterocycles. The van der Waals surface area contributed by atoms with E-state index in [1.54, 1.807) is 30.3 Å². The SMILES string of the molecule is Cc1ccc(OCCNC(=O)[C@H]2CN(S(=O)(=O)c3ccccc3)c3cc(Cl)ccc3O2)cc1C. The summed E-state index contributed by atoms with van der Waals surface area (Å²) in [5.74, 6) is 0.552. The van der Waals surface area contributed by atoms with Gasteiger partial charge in [0.15, 0.2) is 6.10 Å². The number of fused-ring (bicyclic) bond motifs is 1. The number of amides is 1. The van der Waals surface area contributed by atoms with E-state index in [4.69, 9.17) is 21.1 Å². The number of benzene rings is 3. The number of nitrogens with zero attached hydrogens (tertiary/aromatic N) is 1. The van der Waals surface area contributed by atoms with Crippen LogP contribution in [0.3, 0.4) is 0 Å². The maximum atomic E-state index is 13.4. The molecule has 4 rings (SSSR count). The van der Waals surface area contributed by atoms with Crippen molar-refractivity contribution in [2.75, 3.05) is 24.0 Å². The third-order valence-corrected chi connectivity index (χ3v) is 7.59. The van der Waals surface area contributed by atoms with Crippen molar-refractivity contribution < 1.29 is 22.7 Å². The summed E-state index contributed by atoms with van der Waals surface area (Å²) in [6.45, 7) is 4.35. The molecule has 0 fully saturated rings. The van der Waals surface area contributed by atoms with Gasteiger partial charge < -0.3 is 14.8 Å². The largest absolute Gasteiger partial charge is 0.492 e. The first-order chi connectivity index (χ1) is 16.3. The first-order valence-electron chi connectivity index (χ1n) is 10.8. The molecule has 0 spiro atoms. The summed E-state index contributed by atoms with van der Waals surface area (Å²) in [6, 6.07) is 18.5. The number of carbonyl (C=O) groups excluding carboxylic acids is 1. The van der Waals surface area contributed by atoms with Crippen molar-refractivity contribution in [2.45, 2.75) is 24.8 Å². The van der Waals surface area contributed by atoms with Gasteiger partial charge in [-0.05, 0) is 67.4 Å². The molecule has 9 heteroatoms. The van der Waals surface area contributed by atoms with Gasteiger partial charge in [0.25, 0.3) is 15.9 Å². The van der Waals surface area contributed by atoms with Gasteiger partial charge in [0.1, 0.15) is 18.1 Å². The number of ether oxygens (including phenoxy) is 2. The molecule has 178 valence electrons. The number of aryl methyl sites for hydroxylation is 2. The zero-order valence-electron chi connectivity index (χ0n) is 18.8. The molecular formula is C25H25ClN2O5S. The fraction of sp³-hybridized carbons (Fsp3) is 0.240. The quantitative estimate of drug-likeness (QED) is 0.493. The van der Waals surface area contributed by atoms with Gasteiger partial charge in [-0.25, -0.2) is 8.42 Å². The number of hydrogen-bond acceptors (Lipinski definition) is 5. The van der Waals surface area contributed by atoms with E-state index in [1.165, 1.54) is 28.1 Å². The van der Waals surface area contributed by atoms with Crippen molar-refractivity contribution in [2.24, 2.45) is 0 Å². The fourth-order valence-corrected chi connectivity index (χ4v) is 5.22. The Morgan fingerprint density at radius 1 is 1.09 bits per heavy atom. The van der Waals surface area contributed by atoms with E-state index in [1.807, 2.05) is 32.0 Å². The topological polar surface area (TPSA) is 84.9 Å². The van der Waals surface area contributed by atoms with Crippen LogP contribution in [0.25, 0.3) is 0 Å². The lowest BCUT2D eigenvalue weighted by molar-refractivity contribution is -0.127. The highest BCUT2D eigenvalue weighted by Crippen LogP contribution is 2.38. The Bertz CT molecular complexity index is 1300. The summed E-state index contributed by atoms with van der Waals surface area (Å²) < 4.78 is 39.5. The molecule has 3 aromatic rings. The van der Waals surface area contributed by atoms with Crippen LogP contribution in [0.5, 0.6) is 11.5 Å². The van der Waals surface area contributed by atoms with Crippen molar-refractivity contribution in [1.82, 2.24) is 5.32 Å². The second kappa shape index (κ2) is 9.95. The Hall–Kier alpha value is -3.23. The second-order valence-electron chi connectivity index (χ2n) is 7.95. The van der Waals surface area contributed by atoms with Crippen LogP contribution in [0.15, 0.2) is 71.6 Å². The van der Waals surface area contributed by atoms with E-state index in [-0.39, 0.29) is 30.3 Å². The molecule has 0 radical (unpaired) electrons. The highest BCUT2D eigenvalue weighted by molar-refractivity contribution is 7.92. The second-order valence-corrected chi connectivity index (χ2v) is 10.3. The lowest BCUT2D eigenvalue weighted by atomic mass is 10.1. The van der Waals surface area contributed by atoms with E-state index in [9.17, 15) is 13.2 Å². The summed E-state index contributed by atoms with van der Waals surface area (Å²) >= 11 is 6.12. The molecule has 0 bridgehead atoms. The molecule has 0 saturated carbocycles. The van der Waals surface area contributed by atoms with Crippen LogP contribution in [-0.4, -0.2) is 40.1 Å². The molecule has 0 unspecified atom stereocenters. The van der Waals surface area contributed by atoms with Crippen LogP contribution in [-0.2, 0) is 14.8 Å². The van der Waals surface area contributed by atoms with Crippen molar-refractivity contribution in [3.63, 3.8) is 0 Å². The summed E-state index contributed by atoms with van der Waals surface area (Å²) in [5, 5.41) is 3.13. The van der Waals surface area contributed by atoms with Gasteiger partial charge in [-0.15, -0.1) is 0 Å². The Labute approximate surface area is 204 Å². The molecule has 1 atom stereocenters. The molecule has 0 saturated heterocycles. The zero-order valence-corrected chi connectivity index (χ0v) is 20.4. The summed E-state index contributed by atoms with van der Waals surface area (Å²) in [5.41, 5.74) is 2.58. The van der Waals surface area contributed by atoms with Crippen LogP contribution in [0.2, 0.25) is 5.02 Å². The van der Waals surface area contributed by atoms with E-state index in [0.717, 1.165) is 11.3 Å². The zero-order chi connectivity index (χ0) is 24.3. The monoisotopic (exact) mass is 500 g/mol. The maximum Gasteiger partial charge on any atom is 0.264 e. The highest BCUT2D eigenvalue weighted by Gasteiger charge is 2.37. The van der Waals surface area contributed by atoms with E-state index < -0.39 is 22.0 Å². The lowest BCUT2D eigenvalue weighted by Gasteiger charge is -2.34. The van der Waals surface area contributed by atoms with Crippen LogP contribution in [0, 0.1) is 13.8 Å². The maximum absolute atomic E-state index is 13.4. The molecular weight excluding hydrogens is 476 g/mol. The van der Waals surface area contributed by atoms with Crippen molar-refractivity contribution in [3.05, 3.63) is 82.9 Å². The average Bonchev–Trinajstić information content (AvgIpc) is 2.83. The van der Waals surface area contributed by atoms with Gasteiger partial charge in [-0.1, -0.05) is 35.9 Å². The minimum atomic E-state index is -3.94. The Balaban J connectivity index is 1.47. The van der Waals surface area contributed by atoms with Crippen LogP contribution in [0.1, 0.15) is 11.1 Å². The number of sulfonamides is 1. The molecule has 1 amide bonds. The molecule has 1 N–H and O–H groups in total. The van der Waals surface area contributed by atoms with Gasteiger partial charge in [-0.3, -0.25) is 9.10 Å². The van der Waals surface area contributed by atoms with Crippen LogP contribution >= 0.6 is 11.6 Å². The number of carbonyl (C=O) groups is 1. The van der Waals surface area contributed by atoms with Gasteiger partial charge >= 0.3 is 0 Å². The minimum absolute atomic E-state index is 0.115. The van der Waals surface area contributed by atoms with Crippen molar-refractivity contribution >= 4 is 33.2 Å². The van der Waals surface area contributed by atoms with E-state index >= 15 is 0 Å². The normalized spacial score (nSPS) is 15.3. The van der Waals surface area contributed by atoms with Crippen molar-refractivity contribution in [3.8, 4) is 11.5 Å². The number of anilines is 1. The Morgan fingerprint density at radius 2 is 1.85 bits per heavy atom. The van der Waals surface area contributed by atoms with Gasteiger partial charge in [0.05, 0.1) is 23.7 Å². The number of halogens is 1. The summed E-state index contributed by atoms with van der Waals surface area (Å²) in [7, 11) is -3.94. The first kappa shape index (κ1) is 23.9. The number of nitrogens with one attached hydrogen (secondary N) is 1. The predicted molar refractivity (Wildman–Crippen MR) is 131 cm³/mol. The molecule has 1 aliphatic heterocycles. The molecule has 7 nitrogen and oxygen atoms in total. The summed E-state index contributed by atoms with van der Waals surface area (Å²) in [4.78, 5) is 13.0. The highest BCUT2D eigenvalue weighted by atomic mass is 35.5. The standard InChI is InChI=1S/C25H25ClN2O5S/c1-17-8-10-20(14-18(17)2)32-13-12-27-25(29)24-16-28(22-15-19(26)9-11-23(22)33-24)34(30,31)21-6-4-3-5-7-21/h3-11,14-15,24H,12-13,16H2,1-2H3,(H,27,29)/t24-/m1/s1. The molecule has 3 aromatic carbocycles. The smallest absolute Gasteiger partial charge is 0.264 e. The average molecular weight is 501 g/mol. The predicted octanol–water partition coefficient (Wildman–Crippen LogP) is 4.11. The molecule has 34 heavy (non-hydrogen) atoms. The minimum Gasteiger partial charge on any atom is -0.492 e. The molecule has 0 aromatic heterocycles. The number of hydrogen-bond donors (Lipinski definition) is 1. The van der Waals surface area contributed by atoms with E-state index in [0.29, 0.717) is 10.7 Å². The third kappa shape index (κ3) is 5.13. The first-order valence-corrected chi connectivity index (χ1v) is 12.6. The van der Waals surface area contributed by atoms with Crippen LogP contribution in [0.4, 0.5) is 5.69 Å². The fourth-order valence-electron chi connectivity index (χ4n) is 3.57. The summed E-state index contributed by atoms with van der Waals surface area (Å²) in [6.07, 6.45) is -1.03. The Kier molecular flexibility index (Phi) is 7.00. The van der Waals surface area contributed by atoms with Gasteiger partial charge in [-0.2, -0.15) is 0 Å². The van der Waals surface area contributed by atoms with Crippen LogP contribution < -0.4 is 19.1 Å². The van der Waals surface area contributed by atoms with Gasteiger partial charge in [0, 0.05) is 5.02 Å². The van der Waals surface area contributed by atoms with E-state index in [2.05, 4.69) is 5.32 Å². The number of rotatable bonds is 7. The lowest BCUT2D eigenvalue weighted by Crippen LogP contribution is -2.51. The Morgan fingerprint density at radius 3 is 2.59 bits per heavy atom.